The number of imidazole rings is 1. The summed E-state index contributed by atoms with van der Waals surface area (Å²) in [6, 6.07) is 14.1. The average molecular weight is 412 g/mol. The lowest BCUT2D eigenvalue weighted by molar-refractivity contribution is -0.119. The standard InChI is InChI=1S/C23H26FN3OS/c1-23(2,3)16-9-11-17(12-10-16)29-15-20(28)26-21(22-25-13-14-27(22)4)18-7-5-6-8-19(18)24/h5-14,21H,15H2,1-4H3,(H,26,28)/t21-/m1/s1. The van der Waals surface area contributed by atoms with Crippen molar-refractivity contribution >= 4 is 17.7 Å². The zero-order valence-corrected chi connectivity index (χ0v) is 18.0. The summed E-state index contributed by atoms with van der Waals surface area (Å²) >= 11 is 1.46. The first-order valence-corrected chi connectivity index (χ1v) is 10.5. The lowest BCUT2D eigenvalue weighted by atomic mass is 9.87. The van der Waals surface area contributed by atoms with E-state index < -0.39 is 6.04 Å². The van der Waals surface area contributed by atoms with E-state index in [1.807, 2.05) is 19.2 Å². The van der Waals surface area contributed by atoms with Crippen molar-refractivity contribution in [2.75, 3.05) is 5.75 Å². The maximum Gasteiger partial charge on any atom is 0.231 e. The summed E-state index contributed by atoms with van der Waals surface area (Å²) in [6.45, 7) is 6.51. The summed E-state index contributed by atoms with van der Waals surface area (Å²) in [4.78, 5) is 18.0. The molecule has 1 atom stereocenters. The Kier molecular flexibility index (Phi) is 6.42. The summed E-state index contributed by atoms with van der Waals surface area (Å²) in [5, 5.41) is 2.94. The largest absolute Gasteiger partial charge is 0.341 e. The molecule has 0 fully saturated rings. The van der Waals surface area contributed by atoms with Gasteiger partial charge in [-0.3, -0.25) is 4.79 Å². The van der Waals surface area contributed by atoms with Crippen LogP contribution in [-0.4, -0.2) is 21.2 Å². The van der Waals surface area contributed by atoms with Crippen LogP contribution in [0.2, 0.25) is 0 Å². The molecule has 1 aromatic heterocycles. The minimum absolute atomic E-state index is 0.0929. The molecule has 2 aromatic carbocycles. The Hall–Kier alpha value is -2.60. The van der Waals surface area contributed by atoms with Gasteiger partial charge in [-0.05, 0) is 29.2 Å². The van der Waals surface area contributed by atoms with Crippen LogP contribution >= 0.6 is 11.8 Å². The van der Waals surface area contributed by atoms with Crippen LogP contribution in [0.15, 0.2) is 65.8 Å². The lowest BCUT2D eigenvalue weighted by Gasteiger charge is -2.20. The second-order valence-electron chi connectivity index (χ2n) is 7.98. The fourth-order valence-electron chi connectivity index (χ4n) is 3.05. The molecule has 0 radical (unpaired) electrons. The molecule has 4 nitrogen and oxygen atoms in total. The van der Waals surface area contributed by atoms with Crippen LogP contribution in [-0.2, 0) is 17.3 Å². The molecule has 1 amide bonds. The summed E-state index contributed by atoms with van der Waals surface area (Å²) in [5.74, 6) is 0.282. The second-order valence-corrected chi connectivity index (χ2v) is 9.03. The predicted molar refractivity (Wildman–Crippen MR) is 115 cm³/mol. The molecule has 6 heteroatoms. The topological polar surface area (TPSA) is 46.9 Å². The molecule has 0 spiro atoms. The number of halogens is 1. The molecule has 29 heavy (non-hydrogen) atoms. The van der Waals surface area contributed by atoms with Gasteiger partial charge in [-0.15, -0.1) is 11.8 Å². The second kappa shape index (κ2) is 8.82. The number of benzene rings is 2. The third-order valence-electron chi connectivity index (χ3n) is 4.73. The van der Waals surface area contributed by atoms with Crippen LogP contribution in [0, 0.1) is 5.82 Å². The molecule has 3 rings (SSSR count). The minimum Gasteiger partial charge on any atom is -0.341 e. The number of hydrogen-bond donors (Lipinski definition) is 1. The Balaban J connectivity index is 1.71. The Morgan fingerprint density at radius 3 is 2.45 bits per heavy atom. The van der Waals surface area contributed by atoms with E-state index in [1.165, 1.54) is 23.4 Å². The fraction of sp³-hybridized carbons (Fsp3) is 0.304. The van der Waals surface area contributed by atoms with E-state index in [2.05, 4.69) is 43.2 Å². The molecule has 1 N–H and O–H groups in total. The van der Waals surface area contributed by atoms with Gasteiger partial charge in [-0.2, -0.15) is 0 Å². The van der Waals surface area contributed by atoms with Crippen molar-refractivity contribution in [2.24, 2.45) is 7.05 Å². The number of carbonyl (C=O) groups excluding carboxylic acids is 1. The Morgan fingerprint density at radius 2 is 1.86 bits per heavy atom. The molecule has 0 aliphatic heterocycles. The van der Waals surface area contributed by atoms with Gasteiger partial charge in [0.05, 0.1) is 5.75 Å². The first-order chi connectivity index (χ1) is 13.8. The molecular formula is C23H26FN3OS. The van der Waals surface area contributed by atoms with E-state index in [0.717, 1.165) is 4.90 Å². The van der Waals surface area contributed by atoms with Crippen molar-refractivity contribution in [2.45, 2.75) is 37.1 Å². The van der Waals surface area contributed by atoms with Gasteiger partial charge in [0.15, 0.2) is 0 Å². The van der Waals surface area contributed by atoms with Crippen molar-refractivity contribution in [3.8, 4) is 0 Å². The molecular weight excluding hydrogens is 385 g/mol. The number of aromatic nitrogens is 2. The SMILES string of the molecule is Cn1ccnc1[C@H](NC(=O)CSc1ccc(C(C)(C)C)cc1)c1ccccc1F. The summed E-state index contributed by atoms with van der Waals surface area (Å²) in [6.07, 6.45) is 3.42. The van der Waals surface area contributed by atoms with Crippen LogP contribution in [0.25, 0.3) is 0 Å². The van der Waals surface area contributed by atoms with Crippen LogP contribution in [0.4, 0.5) is 4.39 Å². The van der Waals surface area contributed by atoms with Crippen molar-refractivity contribution in [1.29, 1.82) is 0 Å². The zero-order chi connectivity index (χ0) is 21.0. The third-order valence-corrected chi connectivity index (χ3v) is 5.74. The Morgan fingerprint density at radius 1 is 1.17 bits per heavy atom. The monoisotopic (exact) mass is 411 g/mol. The van der Waals surface area contributed by atoms with E-state index in [4.69, 9.17) is 0 Å². The van der Waals surface area contributed by atoms with Crippen molar-refractivity contribution in [1.82, 2.24) is 14.9 Å². The van der Waals surface area contributed by atoms with Gasteiger partial charge in [0.2, 0.25) is 5.91 Å². The number of rotatable bonds is 6. The highest BCUT2D eigenvalue weighted by Crippen LogP contribution is 2.26. The van der Waals surface area contributed by atoms with E-state index >= 15 is 0 Å². The number of carbonyl (C=O) groups is 1. The quantitative estimate of drug-likeness (QED) is 0.590. The van der Waals surface area contributed by atoms with E-state index in [-0.39, 0.29) is 22.9 Å². The third kappa shape index (κ3) is 5.26. The maximum atomic E-state index is 14.4. The average Bonchev–Trinajstić information content (AvgIpc) is 3.10. The van der Waals surface area contributed by atoms with E-state index in [1.54, 1.807) is 35.2 Å². The molecule has 0 unspecified atom stereocenters. The molecule has 0 saturated carbocycles. The number of hydrogen-bond acceptors (Lipinski definition) is 3. The Bertz CT molecular complexity index is 976. The summed E-state index contributed by atoms with van der Waals surface area (Å²) < 4.78 is 16.2. The minimum atomic E-state index is -0.646. The smallest absolute Gasteiger partial charge is 0.231 e. The van der Waals surface area contributed by atoms with E-state index in [9.17, 15) is 9.18 Å². The van der Waals surface area contributed by atoms with Gasteiger partial charge >= 0.3 is 0 Å². The van der Waals surface area contributed by atoms with E-state index in [0.29, 0.717) is 11.4 Å². The molecule has 0 bridgehead atoms. The van der Waals surface area contributed by atoms with Crippen molar-refractivity contribution < 1.29 is 9.18 Å². The summed E-state index contributed by atoms with van der Waals surface area (Å²) in [5.41, 5.74) is 1.74. The highest BCUT2D eigenvalue weighted by Gasteiger charge is 2.23. The van der Waals surface area contributed by atoms with Gasteiger partial charge in [-0.25, -0.2) is 9.37 Å². The normalized spacial score (nSPS) is 12.6. The van der Waals surface area contributed by atoms with Gasteiger partial charge < -0.3 is 9.88 Å². The van der Waals surface area contributed by atoms with Gasteiger partial charge in [0.25, 0.3) is 0 Å². The lowest BCUT2D eigenvalue weighted by Crippen LogP contribution is -2.32. The first-order valence-electron chi connectivity index (χ1n) is 9.50. The van der Waals surface area contributed by atoms with Gasteiger partial charge in [0, 0.05) is 29.9 Å². The zero-order valence-electron chi connectivity index (χ0n) is 17.1. The highest BCUT2D eigenvalue weighted by atomic mass is 32.2. The van der Waals surface area contributed by atoms with Crippen LogP contribution in [0.1, 0.15) is 43.8 Å². The van der Waals surface area contributed by atoms with Gasteiger partial charge in [0.1, 0.15) is 17.7 Å². The number of aryl methyl sites for hydroxylation is 1. The molecule has 152 valence electrons. The number of amides is 1. The fourth-order valence-corrected chi connectivity index (χ4v) is 3.76. The molecule has 0 aliphatic carbocycles. The highest BCUT2D eigenvalue weighted by molar-refractivity contribution is 8.00. The predicted octanol–water partition coefficient (Wildman–Crippen LogP) is 4.85. The van der Waals surface area contributed by atoms with Gasteiger partial charge in [-0.1, -0.05) is 51.1 Å². The van der Waals surface area contributed by atoms with Crippen molar-refractivity contribution in [3.05, 3.63) is 83.7 Å². The summed E-state index contributed by atoms with van der Waals surface area (Å²) in [7, 11) is 1.83. The van der Waals surface area contributed by atoms with Crippen LogP contribution in [0.5, 0.6) is 0 Å². The molecule has 3 aromatic rings. The molecule has 0 aliphatic rings. The number of thioether (sulfide) groups is 1. The number of nitrogens with zero attached hydrogens (tertiary/aromatic N) is 2. The van der Waals surface area contributed by atoms with Crippen LogP contribution < -0.4 is 5.32 Å². The van der Waals surface area contributed by atoms with Crippen molar-refractivity contribution in [3.63, 3.8) is 0 Å². The maximum absolute atomic E-state index is 14.4. The Labute approximate surface area is 175 Å². The number of nitrogens with one attached hydrogen (secondary N) is 1. The first kappa shape index (κ1) is 21.1. The molecule has 1 heterocycles. The van der Waals surface area contributed by atoms with Crippen LogP contribution in [0.3, 0.4) is 0 Å². The molecule has 0 saturated heterocycles.